The van der Waals surface area contributed by atoms with Crippen molar-refractivity contribution in [1.82, 2.24) is 5.32 Å². The molecule has 0 saturated heterocycles. The van der Waals surface area contributed by atoms with E-state index in [1.807, 2.05) is 0 Å². The SMILES string of the molecule is CCOC1CC(NCC2CCC(O)C2)C12CCCC2. The molecule has 0 amide bonds. The highest BCUT2D eigenvalue weighted by atomic mass is 16.5. The number of aliphatic hydroxyl groups is 1. The zero-order chi connectivity index (χ0) is 13.3. The minimum atomic E-state index is -0.0372. The third-order valence-corrected chi connectivity index (χ3v) is 5.85. The summed E-state index contributed by atoms with van der Waals surface area (Å²) in [6.45, 7) is 4.07. The second kappa shape index (κ2) is 5.71. The molecule has 0 aromatic carbocycles. The van der Waals surface area contributed by atoms with Crippen LogP contribution >= 0.6 is 0 Å². The van der Waals surface area contributed by atoms with Gasteiger partial charge < -0.3 is 15.2 Å². The van der Waals surface area contributed by atoms with Gasteiger partial charge in [0, 0.05) is 18.1 Å². The largest absolute Gasteiger partial charge is 0.393 e. The molecule has 3 nitrogen and oxygen atoms in total. The number of rotatable bonds is 5. The van der Waals surface area contributed by atoms with Gasteiger partial charge in [0.1, 0.15) is 0 Å². The van der Waals surface area contributed by atoms with Crippen LogP contribution in [-0.2, 0) is 4.74 Å². The Balaban J connectivity index is 1.51. The van der Waals surface area contributed by atoms with Crippen LogP contribution in [-0.4, -0.2) is 36.5 Å². The van der Waals surface area contributed by atoms with E-state index < -0.39 is 0 Å². The van der Waals surface area contributed by atoms with Gasteiger partial charge in [0.2, 0.25) is 0 Å². The van der Waals surface area contributed by atoms with Gasteiger partial charge in [0.15, 0.2) is 0 Å². The van der Waals surface area contributed by atoms with Crippen molar-refractivity contribution in [3.8, 4) is 0 Å². The third-order valence-electron chi connectivity index (χ3n) is 5.85. The minimum Gasteiger partial charge on any atom is -0.393 e. The molecule has 2 N–H and O–H groups in total. The van der Waals surface area contributed by atoms with Crippen LogP contribution in [0.5, 0.6) is 0 Å². The molecule has 3 fully saturated rings. The first-order valence-corrected chi connectivity index (χ1v) is 8.27. The van der Waals surface area contributed by atoms with Crippen LogP contribution in [0.15, 0.2) is 0 Å². The summed E-state index contributed by atoms with van der Waals surface area (Å²) in [7, 11) is 0. The van der Waals surface area contributed by atoms with Crippen molar-refractivity contribution in [2.75, 3.05) is 13.2 Å². The monoisotopic (exact) mass is 267 g/mol. The van der Waals surface area contributed by atoms with Gasteiger partial charge in [0.25, 0.3) is 0 Å². The molecule has 0 aliphatic heterocycles. The van der Waals surface area contributed by atoms with Gasteiger partial charge in [-0.25, -0.2) is 0 Å². The highest BCUT2D eigenvalue weighted by Crippen LogP contribution is 2.54. The average Bonchev–Trinajstić information content (AvgIpc) is 3.03. The lowest BCUT2D eigenvalue weighted by Gasteiger charge is -2.54. The molecule has 0 aromatic heterocycles. The zero-order valence-corrected chi connectivity index (χ0v) is 12.2. The topological polar surface area (TPSA) is 41.5 Å². The van der Waals surface area contributed by atoms with Gasteiger partial charge in [-0.15, -0.1) is 0 Å². The number of ether oxygens (including phenoxy) is 1. The summed E-state index contributed by atoms with van der Waals surface area (Å²) in [4.78, 5) is 0. The molecule has 4 atom stereocenters. The molecule has 3 saturated carbocycles. The molecule has 3 aliphatic rings. The van der Waals surface area contributed by atoms with Crippen LogP contribution in [0.2, 0.25) is 0 Å². The quantitative estimate of drug-likeness (QED) is 0.804. The van der Waals surface area contributed by atoms with Crippen LogP contribution in [0.4, 0.5) is 0 Å². The third kappa shape index (κ3) is 2.57. The maximum atomic E-state index is 9.61. The van der Waals surface area contributed by atoms with E-state index in [0.29, 0.717) is 23.5 Å². The van der Waals surface area contributed by atoms with Crippen molar-refractivity contribution in [3.05, 3.63) is 0 Å². The van der Waals surface area contributed by atoms with Crippen molar-refractivity contribution < 1.29 is 9.84 Å². The van der Waals surface area contributed by atoms with Crippen LogP contribution in [0, 0.1) is 11.3 Å². The molecular formula is C16H29NO2. The van der Waals surface area contributed by atoms with Crippen LogP contribution in [0.25, 0.3) is 0 Å². The van der Waals surface area contributed by atoms with Gasteiger partial charge in [-0.1, -0.05) is 12.8 Å². The summed E-state index contributed by atoms with van der Waals surface area (Å²) in [6.07, 6.45) is 10.3. The minimum absolute atomic E-state index is 0.0372. The van der Waals surface area contributed by atoms with Gasteiger partial charge in [-0.3, -0.25) is 0 Å². The second-order valence-corrected chi connectivity index (χ2v) is 6.91. The Bertz CT molecular complexity index is 301. The molecule has 0 bridgehead atoms. The van der Waals surface area contributed by atoms with Gasteiger partial charge in [-0.2, -0.15) is 0 Å². The Hall–Kier alpha value is -0.120. The fourth-order valence-corrected chi connectivity index (χ4v) is 4.72. The molecular weight excluding hydrogens is 238 g/mol. The van der Waals surface area contributed by atoms with Crippen molar-refractivity contribution in [2.45, 2.75) is 76.5 Å². The first-order valence-electron chi connectivity index (χ1n) is 8.27. The maximum absolute atomic E-state index is 9.61. The summed E-state index contributed by atoms with van der Waals surface area (Å²) in [5.41, 5.74) is 0.452. The van der Waals surface area contributed by atoms with E-state index >= 15 is 0 Å². The number of aliphatic hydroxyl groups excluding tert-OH is 1. The van der Waals surface area contributed by atoms with E-state index in [1.165, 1.54) is 38.5 Å². The molecule has 0 heterocycles. The smallest absolute Gasteiger partial charge is 0.0661 e. The van der Waals surface area contributed by atoms with Crippen LogP contribution in [0.1, 0.15) is 58.3 Å². The average molecular weight is 267 g/mol. The molecule has 19 heavy (non-hydrogen) atoms. The fraction of sp³-hybridized carbons (Fsp3) is 1.00. The standard InChI is InChI=1S/C16H29NO2/c1-2-19-15-10-14(16(15)7-3-4-8-16)17-11-12-5-6-13(18)9-12/h12-15,17-18H,2-11H2,1H3. The maximum Gasteiger partial charge on any atom is 0.0661 e. The highest BCUT2D eigenvalue weighted by Gasteiger charge is 2.56. The molecule has 1 spiro atoms. The van der Waals surface area contributed by atoms with Crippen molar-refractivity contribution in [1.29, 1.82) is 0 Å². The lowest BCUT2D eigenvalue weighted by molar-refractivity contribution is -0.130. The summed E-state index contributed by atoms with van der Waals surface area (Å²) < 4.78 is 5.95. The predicted octanol–water partition coefficient (Wildman–Crippen LogP) is 2.47. The van der Waals surface area contributed by atoms with Gasteiger partial charge >= 0.3 is 0 Å². The Morgan fingerprint density at radius 2 is 2.00 bits per heavy atom. The lowest BCUT2D eigenvalue weighted by Crippen LogP contribution is -2.63. The van der Waals surface area contributed by atoms with E-state index in [0.717, 1.165) is 26.0 Å². The van der Waals surface area contributed by atoms with Crippen LogP contribution in [0.3, 0.4) is 0 Å². The number of hydrogen-bond donors (Lipinski definition) is 2. The van der Waals surface area contributed by atoms with E-state index in [1.54, 1.807) is 0 Å². The summed E-state index contributed by atoms with van der Waals surface area (Å²) in [5.74, 6) is 0.694. The number of hydrogen-bond acceptors (Lipinski definition) is 3. The van der Waals surface area contributed by atoms with Crippen molar-refractivity contribution >= 4 is 0 Å². The Morgan fingerprint density at radius 1 is 1.21 bits per heavy atom. The van der Waals surface area contributed by atoms with Crippen molar-refractivity contribution in [2.24, 2.45) is 11.3 Å². The Kier molecular flexibility index (Phi) is 4.16. The first-order chi connectivity index (χ1) is 9.24. The van der Waals surface area contributed by atoms with E-state index in [4.69, 9.17) is 4.74 Å². The normalized spacial score (nSPS) is 40.7. The summed E-state index contributed by atoms with van der Waals surface area (Å²) >= 11 is 0. The first kappa shape index (κ1) is 13.8. The van der Waals surface area contributed by atoms with E-state index in [2.05, 4.69) is 12.2 Å². The summed E-state index contributed by atoms with van der Waals surface area (Å²) in [6, 6.07) is 0.671. The molecule has 3 heteroatoms. The molecule has 3 aliphatic carbocycles. The molecule has 4 unspecified atom stereocenters. The van der Waals surface area contributed by atoms with Crippen molar-refractivity contribution in [3.63, 3.8) is 0 Å². The summed E-state index contributed by atoms with van der Waals surface area (Å²) in [5, 5.41) is 13.4. The predicted molar refractivity (Wildman–Crippen MR) is 76.1 cm³/mol. The fourth-order valence-electron chi connectivity index (χ4n) is 4.72. The molecule has 110 valence electrons. The Labute approximate surface area is 117 Å². The van der Waals surface area contributed by atoms with Gasteiger partial charge in [0.05, 0.1) is 12.2 Å². The lowest BCUT2D eigenvalue weighted by atomic mass is 9.60. The zero-order valence-electron chi connectivity index (χ0n) is 12.2. The Morgan fingerprint density at radius 3 is 2.63 bits per heavy atom. The highest BCUT2D eigenvalue weighted by molar-refractivity contribution is 5.10. The van der Waals surface area contributed by atoms with E-state index in [9.17, 15) is 5.11 Å². The van der Waals surface area contributed by atoms with Crippen LogP contribution < -0.4 is 5.32 Å². The molecule has 3 rings (SSSR count). The number of nitrogens with one attached hydrogen (secondary N) is 1. The molecule has 0 radical (unpaired) electrons. The van der Waals surface area contributed by atoms with E-state index in [-0.39, 0.29) is 6.10 Å². The van der Waals surface area contributed by atoms with Gasteiger partial charge in [-0.05, 0) is 57.9 Å². The molecule has 0 aromatic rings. The second-order valence-electron chi connectivity index (χ2n) is 6.91.